The SMILES string of the molecule is CC(N[C@H](C)c1ccccc1F)c1nccn1C. The van der Waals surface area contributed by atoms with E-state index in [1.165, 1.54) is 6.07 Å². The predicted octanol–water partition coefficient (Wildman–Crippen LogP) is 2.97. The summed E-state index contributed by atoms with van der Waals surface area (Å²) in [4.78, 5) is 4.29. The third-order valence-electron chi connectivity index (χ3n) is 3.12. The normalized spacial score (nSPS) is 14.4. The van der Waals surface area contributed by atoms with Crippen LogP contribution < -0.4 is 5.32 Å². The highest BCUT2D eigenvalue weighted by Crippen LogP contribution is 2.20. The first-order valence-electron chi connectivity index (χ1n) is 6.07. The standard InChI is InChI=1S/C14H18FN3/c1-10(12-6-4-5-7-13(12)15)17-11(2)14-16-8-9-18(14)3/h4-11,17H,1-3H3/t10-,11?/m1/s1. The minimum atomic E-state index is -0.176. The summed E-state index contributed by atoms with van der Waals surface area (Å²) < 4.78 is 15.6. The molecule has 0 aliphatic carbocycles. The van der Waals surface area contributed by atoms with Gasteiger partial charge in [0.1, 0.15) is 11.6 Å². The Kier molecular flexibility index (Phi) is 3.77. The van der Waals surface area contributed by atoms with Crippen LogP contribution in [0.25, 0.3) is 0 Å². The number of nitrogens with zero attached hydrogens (tertiary/aromatic N) is 2. The number of aromatic nitrogens is 2. The molecule has 18 heavy (non-hydrogen) atoms. The third-order valence-corrected chi connectivity index (χ3v) is 3.12. The molecule has 4 heteroatoms. The third kappa shape index (κ3) is 2.59. The van der Waals surface area contributed by atoms with Gasteiger partial charge in [-0.25, -0.2) is 9.37 Å². The molecule has 96 valence electrons. The summed E-state index contributed by atoms with van der Waals surface area (Å²) in [5, 5.41) is 3.36. The highest BCUT2D eigenvalue weighted by atomic mass is 19.1. The minimum absolute atomic E-state index is 0.0575. The van der Waals surface area contributed by atoms with E-state index in [4.69, 9.17) is 0 Å². The minimum Gasteiger partial charge on any atom is -0.337 e. The molecule has 2 aromatic rings. The first kappa shape index (κ1) is 12.8. The molecule has 0 spiro atoms. The Morgan fingerprint density at radius 1 is 1.22 bits per heavy atom. The number of rotatable bonds is 4. The highest BCUT2D eigenvalue weighted by molar-refractivity contribution is 5.20. The number of hydrogen-bond acceptors (Lipinski definition) is 2. The zero-order valence-electron chi connectivity index (χ0n) is 10.9. The van der Waals surface area contributed by atoms with Gasteiger partial charge in [0.15, 0.2) is 0 Å². The van der Waals surface area contributed by atoms with Gasteiger partial charge in [-0.3, -0.25) is 0 Å². The highest BCUT2D eigenvalue weighted by Gasteiger charge is 2.16. The van der Waals surface area contributed by atoms with Crippen LogP contribution in [-0.4, -0.2) is 9.55 Å². The maximum absolute atomic E-state index is 13.7. The molecule has 0 fully saturated rings. The van der Waals surface area contributed by atoms with E-state index in [2.05, 4.69) is 10.3 Å². The quantitative estimate of drug-likeness (QED) is 0.900. The lowest BCUT2D eigenvalue weighted by molar-refractivity contribution is 0.452. The van der Waals surface area contributed by atoms with E-state index in [1.54, 1.807) is 18.3 Å². The lowest BCUT2D eigenvalue weighted by Crippen LogP contribution is -2.25. The van der Waals surface area contributed by atoms with Crippen LogP contribution in [0.1, 0.15) is 37.3 Å². The van der Waals surface area contributed by atoms with Crippen molar-refractivity contribution < 1.29 is 4.39 Å². The van der Waals surface area contributed by atoms with E-state index in [0.717, 1.165) is 5.82 Å². The van der Waals surface area contributed by atoms with Gasteiger partial charge in [-0.05, 0) is 19.9 Å². The molecule has 3 nitrogen and oxygen atoms in total. The second-order valence-electron chi connectivity index (χ2n) is 4.53. The van der Waals surface area contributed by atoms with Crippen LogP contribution in [-0.2, 0) is 7.05 Å². The van der Waals surface area contributed by atoms with Crippen LogP contribution in [0.2, 0.25) is 0 Å². The second-order valence-corrected chi connectivity index (χ2v) is 4.53. The van der Waals surface area contributed by atoms with Gasteiger partial charge in [0.2, 0.25) is 0 Å². The van der Waals surface area contributed by atoms with Gasteiger partial charge in [0, 0.05) is 31.0 Å². The van der Waals surface area contributed by atoms with E-state index in [9.17, 15) is 4.39 Å². The number of hydrogen-bond donors (Lipinski definition) is 1. The van der Waals surface area contributed by atoms with Gasteiger partial charge in [0.25, 0.3) is 0 Å². The molecule has 1 N–H and O–H groups in total. The first-order chi connectivity index (χ1) is 8.59. The van der Waals surface area contributed by atoms with Crippen molar-refractivity contribution in [1.29, 1.82) is 0 Å². The summed E-state index contributed by atoms with van der Waals surface area (Å²) in [5.74, 6) is 0.766. The van der Waals surface area contributed by atoms with Crippen molar-refractivity contribution >= 4 is 0 Å². The van der Waals surface area contributed by atoms with Crippen LogP contribution in [0.3, 0.4) is 0 Å². The molecular weight excluding hydrogens is 229 g/mol. The van der Waals surface area contributed by atoms with Crippen molar-refractivity contribution in [2.75, 3.05) is 0 Å². The van der Waals surface area contributed by atoms with Gasteiger partial charge in [-0.15, -0.1) is 0 Å². The molecule has 0 amide bonds. The van der Waals surface area contributed by atoms with Crippen LogP contribution >= 0.6 is 0 Å². The molecule has 1 heterocycles. The van der Waals surface area contributed by atoms with Crippen molar-refractivity contribution in [2.24, 2.45) is 7.05 Å². The Morgan fingerprint density at radius 3 is 2.56 bits per heavy atom. The molecule has 2 rings (SSSR count). The summed E-state index contributed by atoms with van der Waals surface area (Å²) in [6.45, 7) is 3.98. The Morgan fingerprint density at radius 2 is 1.94 bits per heavy atom. The number of benzene rings is 1. The number of nitrogens with one attached hydrogen (secondary N) is 1. The maximum Gasteiger partial charge on any atom is 0.127 e. The molecule has 0 aliphatic heterocycles. The molecule has 0 saturated carbocycles. The predicted molar refractivity (Wildman–Crippen MR) is 69.6 cm³/mol. The van der Waals surface area contributed by atoms with Crippen LogP contribution in [0.15, 0.2) is 36.7 Å². The van der Waals surface area contributed by atoms with Gasteiger partial charge in [-0.2, -0.15) is 0 Å². The Balaban J connectivity index is 2.11. The molecule has 1 aromatic heterocycles. The van der Waals surface area contributed by atoms with E-state index < -0.39 is 0 Å². The second kappa shape index (κ2) is 5.31. The Bertz CT molecular complexity index is 521. The molecule has 0 saturated heterocycles. The van der Waals surface area contributed by atoms with E-state index in [0.29, 0.717) is 5.56 Å². The van der Waals surface area contributed by atoms with Gasteiger partial charge in [0.05, 0.1) is 6.04 Å². The number of aryl methyl sites for hydroxylation is 1. The molecule has 0 aliphatic rings. The Labute approximate surface area is 107 Å². The van der Waals surface area contributed by atoms with Crippen LogP contribution in [0.4, 0.5) is 4.39 Å². The zero-order chi connectivity index (χ0) is 13.1. The molecule has 1 unspecified atom stereocenters. The molecule has 2 atom stereocenters. The summed E-state index contributed by atoms with van der Waals surface area (Å²) >= 11 is 0. The zero-order valence-corrected chi connectivity index (χ0v) is 10.9. The largest absolute Gasteiger partial charge is 0.337 e. The lowest BCUT2D eigenvalue weighted by Gasteiger charge is -2.20. The fraction of sp³-hybridized carbons (Fsp3) is 0.357. The van der Waals surface area contributed by atoms with E-state index in [1.807, 2.05) is 37.7 Å². The first-order valence-corrected chi connectivity index (χ1v) is 6.07. The lowest BCUT2D eigenvalue weighted by atomic mass is 10.1. The van der Waals surface area contributed by atoms with Crippen molar-refractivity contribution in [3.63, 3.8) is 0 Å². The van der Waals surface area contributed by atoms with Crippen molar-refractivity contribution in [2.45, 2.75) is 25.9 Å². The topological polar surface area (TPSA) is 29.9 Å². The Hall–Kier alpha value is -1.68. The summed E-state index contributed by atoms with van der Waals surface area (Å²) in [7, 11) is 1.95. The molecule has 0 radical (unpaired) electrons. The van der Waals surface area contributed by atoms with E-state index >= 15 is 0 Å². The fourth-order valence-corrected chi connectivity index (χ4v) is 2.16. The van der Waals surface area contributed by atoms with Crippen molar-refractivity contribution in [3.05, 3.63) is 53.9 Å². The van der Waals surface area contributed by atoms with Crippen molar-refractivity contribution in [3.8, 4) is 0 Å². The fourth-order valence-electron chi connectivity index (χ4n) is 2.16. The molecule has 1 aromatic carbocycles. The van der Waals surface area contributed by atoms with Crippen molar-refractivity contribution in [1.82, 2.24) is 14.9 Å². The van der Waals surface area contributed by atoms with E-state index in [-0.39, 0.29) is 17.9 Å². The summed E-state index contributed by atoms with van der Waals surface area (Å²) in [6, 6.07) is 6.85. The summed E-state index contributed by atoms with van der Waals surface area (Å²) in [5.41, 5.74) is 0.679. The monoisotopic (exact) mass is 247 g/mol. The maximum atomic E-state index is 13.7. The number of halogens is 1. The smallest absolute Gasteiger partial charge is 0.127 e. The van der Waals surface area contributed by atoms with Gasteiger partial charge >= 0.3 is 0 Å². The molecule has 0 bridgehead atoms. The summed E-state index contributed by atoms with van der Waals surface area (Å²) in [6.07, 6.45) is 3.67. The molecular formula is C14H18FN3. The van der Waals surface area contributed by atoms with Gasteiger partial charge in [-0.1, -0.05) is 18.2 Å². The van der Waals surface area contributed by atoms with Crippen LogP contribution in [0, 0.1) is 5.82 Å². The number of imidazole rings is 1. The average Bonchev–Trinajstić information content (AvgIpc) is 2.76. The van der Waals surface area contributed by atoms with Crippen LogP contribution in [0.5, 0.6) is 0 Å². The van der Waals surface area contributed by atoms with Gasteiger partial charge < -0.3 is 9.88 Å². The average molecular weight is 247 g/mol.